The van der Waals surface area contributed by atoms with Gasteiger partial charge in [-0.25, -0.2) is 4.37 Å². The molecule has 0 aliphatic carbocycles. The van der Waals surface area contributed by atoms with Crippen LogP contribution in [0.4, 0.5) is 0 Å². The van der Waals surface area contributed by atoms with E-state index in [1.165, 1.54) is 11.5 Å². The standard InChI is InChI=1S/C3H4N2.C3H3NS.C2H6/c2*1-2-4-5-3-1;1-2/h1-3H,(H,4,5);1-3H;1-2H3. The van der Waals surface area contributed by atoms with Gasteiger partial charge >= 0.3 is 0 Å². The van der Waals surface area contributed by atoms with E-state index in [-0.39, 0.29) is 0 Å². The lowest BCUT2D eigenvalue weighted by Crippen LogP contribution is -1.53. The van der Waals surface area contributed by atoms with E-state index in [1.54, 1.807) is 18.6 Å². The second-order valence-corrected chi connectivity index (χ2v) is 2.15. The van der Waals surface area contributed by atoms with Crippen molar-refractivity contribution in [3.05, 3.63) is 36.1 Å². The van der Waals surface area contributed by atoms with Gasteiger partial charge in [-0.3, -0.25) is 5.10 Å². The van der Waals surface area contributed by atoms with Gasteiger partial charge in [0.25, 0.3) is 0 Å². The van der Waals surface area contributed by atoms with Crippen molar-refractivity contribution in [2.24, 2.45) is 0 Å². The molecule has 0 radical (unpaired) electrons. The first-order chi connectivity index (χ1) is 6.00. The number of rotatable bonds is 0. The first kappa shape index (κ1) is 10.8. The van der Waals surface area contributed by atoms with Crippen molar-refractivity contribution in [3.63, 3.8) is 0 Å². The fraction of sp³-hybridized carbons (Fsp3) is 0.250. The summed E-state index contributed by atoms with van der Waals surface area (Å²) in [7, 11) is 0. The fourth-order valence-electron chi connectivity index (χ4n) is 0.391. The summed E-state index contributed by atoms with van der Waals surface area (Å²) in [6, 6.07) is 3.74. The zero-order valence-electron chi connectivity index (χ0n) is 7.27. The average Bonchev–Trinajstić information content (AvgIpc) is 2.87. The van der Waals surface area contributed by atoms with Gasteiger partial charge < -0.3 is 0 Å². The highest BCUT2D eigenvalue weighted by molar-refractivity contribution is 7.03. The van der Waals surface area contributed by atoms with Crippen molar-refractivity contribution in [2.75, 3.05) is 0 Å². The largest absolute Gasteiger partial charge is 0.286 e. The number of hydrogen-bond acceptors (Lipinski definition) is 3. The zero-order chi connectivity index (χ0) is 9.07. The minimum absolute atomic E-state index is 1.46. The van der Waals surface area contributed by atoms with Crippen LogP contribution in [0.15, 0.2) is 36.1 Å². The van der Waals surface area contributed by atoms with Crippen molar-refractivity contribution < 1.29 is 0 Å². The predicted molar refractivity (Wildman–Crippen MR) is 52.0 cm³/mol. The van der Waals surface area contributed by atoms with Crippen LogP contribution < -0.4 is 0 Å². The summed E-state index contributed by atoms with van der Waals surface area (Å²) in [6.45, 7) is 4.00. The molecule has 0 spiro atoms. The quantitative estimate of drug-likeness (QED) is 0.682. The van der Waals surface area contributed by atoms with Crippen LogP contribution >= 0.6 is 11.5 Å². The molecule has 2 aromatic rings. The van der Waals surface area contributed by atoms with Gasteiger partial charge in [-0.15, -0.1) is 0 Å². The summed E-state index contributed by atoms with van der Waals surface area (Å²) in [5.41, 5.74) is 0. The van der Waals surface area contributed by atoms with E-state index in [1.807, 2.05) is 31.4 Å². The normalized spacial score (nSPS) is 7.17. The van der Waals surface area contributed by atoms with Gasteiger partial charge in [0, 0.05) is 24.0 Å². The molecule has 2 aromatic heterocycles. The number of aromatic nitrogens is 3. The van der Waals surface area contributed by atoms with Gasteiger partial charge in [-0.1, -0.05) is 13.8 Å². The van der Waals surface area contributed by atoms with E-state index in [9.17, 15) is 0 Å². The third kappa shape index (κ3) is 6.95. The van der Waals surface area contributed by atoms with E-state index < -0.39 is 0 Å². The van der Waals surface area contributed by atoms with Gasteiger partial charge in [0.2, 0.25) is 0 Å². The first-order valence-electron chi connectivity index (χ1n) is 3.78. The minimum atomic E-state index is 1.46. The highest BCUT2D eigenvalue weighted by Crippen LogP contribution is 1.83. The Morgan fingerprint density at radius 1 is 1.17 bits per heavy atom. The van der Waals surface area contributed by atoms with E-state index in [0.717, 1.165) is 0 Å². The minimum Gasteiger partial charge on any atom is -0.286 e. The summed E-state index contributed by atoms with van der Waals surface area (Å²) in [4.78, 5) is 0. The first-order valence-corrected chi connectivity index (χ1v) is 4.62. The van der Waals surface area contributed by atoms with E-state index in [4.69, 9.17) is 0 Å². The van der Waals surface area contributed by atoms with Crippen molar-refractivity contribution in [1.82, 2.24) is 14.6 Å². The Morgan fingerprint density at radius 3 is 2.17 bits per heavy atom. The topological polar surface area (TPSA) is 41.6 Å². The van der Waals surface area contributed by atoms with Gasteiger partial charge in [-0.2, -0.15) is 5.10 Å². The van der Waals surface area contributed by atoms with E-state index >= 15 is 0 Å². The number of hydrogen-bond donors (Lipinski definition) is 1. The van der Waals surface area contributed by atoms with Gasteiger partial charge in [-0.05, 0) is 23.7 Å². The molecule has 4 heteroatoms. The average molecular weight is 183 g/mol. The number of nitrogens with one attached hydrogen (secondary N) is 1. The zero-order valence-corrected chi connectivity index (χ0v) is 8.08. The summed E-state index contributed by atoms with van der Waals surface area (Å²) >= 11 is 1.46. The van der Waals surface area contributed by atoms with Gasteiger partial charge in [0.15, 0.2) is 0 Å². The van der Waals surface area contributed by atoms with Crippen molar-refractivity contribution >= 4 is 11.5 Å². The number of nitrogens with zero attached hydrogens (tertiary/aromatic N) is 2. The molecule has 0 saturated carbocycles. The Balaban J connectivity index is 0.000000168. The van der Waals surface area contributed by atoms with Gasteiger partial charge in [0.1, 0.15) is 0 Å². The maximum atomic E-state index is 3.76. The summed E-state index contributed by atoms with van der Waals surface area (Å²) < 4.78 is 3.76. The van der Waals surface area contributed by atoms with Crippen LogP contribution in [0.5, 0.6) is 0 Å². The lowest BCUT2D eigenvalue weighted by Gasteiger charge is -1.49. The maximum Gasteiger partial charge on any atom is 0.0487 e. The second-order valence-electron chi connectivity index (χ2n) is 1.45. The molecule has 0 aliphatic heterocycles. The second kappa shape index (κ2) is 9.84. The summed E-state index contributed by atoms with van der Waals surface area (Å²) in [6.07, 6.45) is 5.23. The molecule has 0 aliphatic rings. The summed E-state index contributed by atoms with van der Waals surface area (Å²) in [5.74, 6) is 0. The van der Waals surface area contributed by atoms with E-state index in [0.29, 0.717) is 0 Å². The Bertz CT molecular complexity index is 154. The van der Waals surface area contributed by atoms with Crippen LogP contribution in [0.25, 0.3) is 0 Å². The Labute approximate surface area is 76.6 Å². The fourth-order valence-corrected chi connectivity index (χ4v) is 0.742. The molecule has 0 fully saturated rings. The Hall–Kier alpha value is -1.16. The van der Waals surface area contributed by atoms with Crippen LogP contribution in [-0.4, -0.2) is 14.6 Å². The molecule has 12 heavy (non-hydrogen) atoms. The monoisotopic (exact) mass is 183 g/mol. The Morgan fingerprint density at radius 2 is 2.00 bits per heavy atom. The third-order valence-electron chi connectivity index (χ3n) is 0.753. The van der Waals surface area contributed by atoms with Crippen molar-refractivity contribution in [2.45, 2.75) is 13.8 Å². The molecule has 0 unspecified atom stereocenters. The molecule has 2 rings (SSSR count). The van der Waals surface area contributed by atoms with Gasteiger partial charge in [0.05, 0.1) is 0 Å². The predicted octanol–water partition coefficient (Wildman–Crippen LogP) is 2.58. The highest BCUT2D eigenvalue weighted by Gasteiger charge is 1.59. The SMILES string of the molecule is CC.c1cn[nH]c1.c1cnsc1. The maximum absolute atomic E-state index is 3.76. The molecule has 3 nitrogen and oxygen atoms in total. The lowest BCUT2D eigenvalue weighted by atomic mass is 10.8. The number of aromatic amines is 1. The molecular formula is C8H13N3S. The molecule has 0 amide bonds. The van der Waals surface area contributed by atoms with Crippen molar-refractivity contribution in [1.29, 1.82) is 0 Å². The molecule has 2 heterocycles. The molecule has 0 saturated heterocycles. The molecule has 0 bridgehead atoms. The molecule has 1 N–H and O–H groups in total. The van der Waals surface area contributed by atoms with Crippen LogP contribution in [0.2, 0.25) is 0 Å². The number of H-pyrrole nitrogens is 1. The molecular weight excluding hydrogens is 170 g/mol. The smallest absolute Gasteiger partial charge is 0.0487 e. The van der Waals surface area contributed by atoms with Crippen molar-refractivity contribution in [3.8, 4) is 0 Å². The molecule has 0 atom stereocenters. The lowest BCUT2D eigenvalue weighted by molar-refractivity contribution is 1.09. The van der Waals surface area contributed by atoms with Crippen LogP contribution in [0, 0.1) is 0 Å². The highest BCUT2D eigenvalue weighted by atomic mass is 32.1. The van der Waals surface area contributed by atoms with Crippen LogP contribution in [-0.2, 0) is 0 Å². The van der Waals surface area contributed by atoms with Crippen LogP contribution in [0.1, 0.15) is 13.8 Å². The third-order valence-corrected chi connectivity index (χ3v) is 1.28. The molecule has 66 valence electrons. The summed E-state index contributed by atoms with van der Waals surface area (Å²) in [5, 5.41) is 8.14. The molecule has 0 aromatic carbocycles. The van der Waals surface area contributed by atoms with E-state index in [2.05, 4.69) is 14.6 Å². The Kier molecular flexibility index (Phi) is 8.89. The van der Waals surface area contributed by atoms with Crippen LogP contribution in [0.3, 0.4) is 0 Å².